The molecule has 80 valence electrons. The topological polar surface area (TPSA) is 0 Å². The SMILES string of the molecule is C#CCC(CC)c1ccc(CC)c(Br)c1. The zero-order valence-electron chi connectivity index (χ0n) is 9.39. The summed E-state index contributed by atoms with van der Waals surface area (Å²) >= 11 is 3.60. The molecular formula is C14H17Br. The summed E-state index contributed by atoms with van der Waals surface area (Å²) in [4.78, 5) is 0. The van der Waals surface area contributed by atoms with E-state index in [0.29, 0.717) is 5.92 Å². The fourth-order valence-electron chi connectivity index (χ4n) is 1.74. The van der Waals surface area contributed by atoms with Gasteiger partial charge in [0, 0.05) is 10.9 Å². The van der Waals surface area contributed by atoms with Crippen LogP contribution in [0.5, 0.6) is 0 Å². The summed E-state index contributed by atoms with van der Waals surface area (Å²) in [5.41, 5.74) is 2.70. The van der Waals surface area contributed by atoms with Crippen molar-refractivity contribution in [3.05, 3.63) is 33.8 Å². The van der Waals surface area contributed by atoms with Gasteiger partial charge in [0.1, 0.15) is 0 Å². The van der Waals surface area contributed by atoms with Gasteiger partial charge < -0.3 is 0 Å². The Balaban J connectivity index is 2.95. The normalized spacial score (nSPS) is 12.1. The van der Waals surface area contributed by atoms with Gasteiger partial charge in [-0.15, -0.1) is 12.3 Å². The Morgan fingerprint density at radius 1 is 1.40 bits per heavy atom. The Bertz CT molecular complexity index is 360. The van der Waals surface area contributed by atoms with Gasteiger partial charge in [-0.2, -0.15) is 0 Å². The average molecular weight is 265 g/mol. The molecule has 1 rings (SSSR count). The summed E-state index contributed by atoms with van der Waals surface area (Å²) in [6, 6.07) is 6.61. The van der Waals surface area contributed by atoms with Crippen molar-refractivity contribution in [1.29, 1.82) is 0 Å². The Labute approximate surface area is 101 Å². The van der Waals surface area contributed by atoms with Crippen LogP contribution in [0.1, 0.15) is 43.7 Å². The highest BCUT2D eigenvalue weighted by molar-refractivity contribution is 9.10. The molecule has 0 heterocycles. The van der Waals surface area contributed by atoms with Gasteiger partial charge in [0.2, 0.25) is 0 Å². The van der Waals surface area contributed by atoms with Crippen LogP contribution in [0.4, 0.5) is 0 Å². The van der Waals surface area contributed by atoms with Crippen molar-refractivity contribution in [2.24, 2.45) is 0 Å². The first kappa shape index (κ1) is 12.3. The van der Waals surface area contributed by atoms with E-state index in [1.54, 1.807) is 0 Å². The zero-order chi connectivity index (χ0) is 11.3. The van der Waals surface area contributed by atoms with E-state index < -0.39 is 0 Å². The molecule has 0 saturated heterocycles. The number of halogens is 1. The Hall–Kier alpha value is -0.740. The van der Waals surface area contributed by atoms with Crippen molar-refractivity contribution >= 4 is 15.9 Å². The molecule has 15 heavy (non-hydrogen) atoms. The van der Waals surface area contributed by atoms with Gasteiger partial charge in [-0.05, 0) is 36.0 Å². The van der Waals surface area contributed by atoms with Crippen LogP contribution in [0, 0.1) is 12.3 Å². The fourth-order valence-corrected chi connectivity index (χ4v) is 2.42. The second-order valence-electron chi connectivity index (χ2n) is 3.72. The maximum absolute atomic E-state index is 5.37. The minimum Gasteiger partial charge on any atom is -0.120 e. The molecule has 0 aromatic heterocycles. The van der Waals surface area contributed by atoms with E-state index in [1.165, 1.54) is 15.6 Å². The van der Waals surface area contributed by atoms with Crippen LogP contribution >= 0.6 is 15.9 Å². The Kier molecular flexibility index (Phi) is 4.91. The predicted octanol–water partition coefficient (Wildman–Crippen LogP) is 4.53. The number of benzene rings is 1. The van der Waals surface area contributed by atoms with Crippen LogP contribution in [0.15, 0.2) is 22.7 Å². The number of hydrogen-bond donors (Lipinski definition) is 0. The fraction of sp³-hybridized carbons (Fsp3) is 0.429. The van der Waals surface area contributed by atoms with Crippen molar-refractivity contribution in [1.82, 2.24) is 0 Å². The van der Waals surface area contributed by atoms with Crippen molar-refractivity contribution in [2.45, 2.75) is 39.0 Å². The molecule has 1 aromatic rings. The molecule has 1 atom stereocenters. The monoisotopic (exact) mass is 264 g/mol. The van der Waals surface area contributed by atoms with Crippen molar-refractivity contribution in [3.8, 4) is 12.3 Å². The number of aryl methyl sites for hydroxylation is 1. The lowest BCUT2D eigenvalue weighted by molar-refractivity contribution is 0.684. The summed E-state index contributed by atoms with van der Waals surface area (Å²) in [6.45, 7) is 4.35. The summed E-state index contributed by atoms with van der Waals surface area (Å²) in [6.07, 6.45) is 8.36. The van der Waals surface area contributed by atoms with Gasteiger partial charge in [-0.25, -0.2) is 0 Å². The quantitative estimate of drug-likeness (QED) is 0.702. The average Bonchev–Trinajstić information content (AvgIpc) is 2.25. The van der Waals surface area contributed by atoms with E-state index in [1.807, 2.05) is 0 Å². The summed E-state index contributed by atoms with van der Waals surface area (Å²) in [5.74, 6) is 3.25. The molecule has 0 amide bonds. The highest BCUT2D eigenvalue weighted by Gasteiger charge is 2.09. The predicted molar refractivity (Wildman–Crippen MR) is 70.0 cm³/mol. The highest BCUT2D eigenvalue weighted by Crippen LogP contribution is 2.27. The summed E-state index contributed by atoms with van der Waals surface area (Å²) in [5, 5.41) is 0. The number of hydrogen-bond acceptors (Lipinski definition) is 0. The van der Waals surface area contributed by atoms with E-state index in [2.05, 4.69) is 53.9 Å². The smallest absolute Gasteiger partial charge is 0.0210 e. The molecule has 0 radical (unpaired) electrons. The van der Waals surface area contributed by atoms with Crippen LogP contribution in [-0.2, 0) is 6.42 Å². The Morgan fingerprint density at radius 2 is 2.13 bits per heavy atom. The van der Waals surface area contributed by atoms with Gasteiger partial charge in [-0.1, -0.05) is 41.9 Å². The molecule has 0 aliphatic rings. The van der Waals surface area contributed by atoms with E-state index in [9.17, 15) is 0 Å². The molecule has 1 aromatic carbocycles. The minimum absolute atomic E-state index is 0.497. The lowest BCUT2D eigenvalue weighted by Crippen LogP contribution is -1.97. The Morgan fingerprint density at radius 3 is 2.60 bits per heavy atom. The molecule has 0 bridgehead atoms. The molecule has 0 aliphatic carbocycles. The molecule has 0 aliphatic heterocycles. The second kappa shape index (κ2) is 5.98. The largest absolute Gasteiger partial charge is 0.120 e. The van der Waals surface area contributed by atoms with Crippen LogP contribution in [0.3, 0.4) is 0 Å². The van der Waals surface area contributed by atoms with E-state index in [-0.39, 0.29) is 0 Å². The lowest BCUT2D eigenvalue weighted by Gasteiger charge is -2.13. The molecule has 1 heteroatoms. The van der Waals surface area contributed by atoms with Crippen molar-refractivity contribution < 1.29 is 0 Å². The van der Waals surface area contributed by atoms with Crippen LogP contribution in [-0.4, -0.2) is 0 Å². The summed E-state index contributed by atoms with van der Waals surface area (Å²) < 4.78 is 1.21. The molecule has 1 unspecified atom stereocenters. The van der Waals surface area contributed by atoms with Gasteiger partial charge in [-0.3, -0.25) is 0 Å². The number of rotatable bonds is 4. The first-order valence-corrected chi connectivity index (χ1v) is 6.24. The first-order valence-electron chi connectivity index (χ1n) is 5.44. The van der Waals surface area contributed by atoms with Crippen LogP contribution < -0.4 is 0 Å². The second-order valence-corrected chi connectivity index (χ2v) is 4.57. The zero-order valence-corrected chi connectivity index (χ0v) is 11.0. The maximum atomic E-state index is 5.37. The first-order chi connectivity index (χ1) is 7.22. The lowest BCUT2D eigenvalue weighted by atomic mass is 9.93. The third kappa shape index (κ3) is 3.11. The standard InChI is InChI=1S/C14H17Br/c1-4-7-11(5-2)13-9-8-12(6-3)14(15)10-13/h1,8-11H,5-7H2,2-3H3. The van der Waals surface area contributed by atoms with Gasteiger partial charge in [0.25, 0.3) is 0 Å². The maximum Gasteiger partial charge on any atom is 0.0210 e. The van der Waals surface area contributed by atoms with E-state index in [4.69, 9.17) is 6.42 Å². The molecule has 0 spiro atoms. The van der Waals surface area contributed by atoms with Gasteiger partial charge in [0.15, 0.2) is 0 Å². The summed E-state index contributed by atoms with van der Waals surface area (Å²) in [7, 11) is 0. The van der Waals surface area contributed by atoms with E-state index >= 15 is 0 Å². The third-order valence-electron chi connectivity index (χ3n) is 2.79. The van der Waals surface area contributed by atoms with Crippen LogP contribution in [0.2, 0.25) is 0 Å². The third-order valence-corrected chi connectivity index (χ3v) is 3.52. The minimum atomic E-state index is 0.497. The molecular weight excluding hydrogens is 248 g/mol. The van der Waals surface area contributed by atoms with Gasteiger partial charge >= 0.3 is 0 Å². The highest BCUT2D eigenvalue weighted by atomic mass is 79.9. The van der Waals surface area contributed by atoms with Crippen molar-refractivity contribution in [3.63, 3.8) is 0 Å². The van der Waals surface area contributed by atoms with Gasteiger partial charge in [0.05, 0.1) is 0 Å². The molecule has 0 nitrogen and oxygen atoms in total. The van der Waals surface area contributed by atoms with E-state index in [0.717, 1.165) is 19.3 Å². The molecule has 0 N–H and O–H groups in total. The number of terminal acetylenes is 1. The van der Waals surface area contributed by atoms with Crippen LogP contribution in [0.25, 0.3) is 0 Å². The molecule has 0 saturated carbocycles. The molecule has 0 fully saturated rings. The van der Waals surface area contributed by atoms with Crippen molar-refractivity contribution in [2.75, 3.05) is 0 Å².